The molecule has 2 aromatic rings. The third-order valence-corrected chi connectivity index (χ3v) is 3.66. The number of nitrogens with two attached hydrogens (primary N) is 1. The van der Waals surface area contributed by atoms with Crippen molar-refractivity contribution in [3.8, 4) is 0 Å². The Hall–Kier alpha value is -1.98. The van der Waals surface area contributed by atoms with Gasteiger partial charge in [-0.1, -0.05) is 30.3 Å². The van der Waals surface area contributed by atoms with E-state index in [2.05, 4.69) is 15.4 Å². The monoisotopic (exact) mass is 270 g/mol. The zero-order chi connectivity index (χ0) is 13.9. The molecular formula is C15H18N4O. The fourth-order valence-corrected chi connectivity index (χ4v) is 2.71. The summed E-state index contributed by atoms with van der Waals surface area (Å²) in [5, 5.41) is 0. The fourth-order valence-electron chi connectivity index (χ4n) is 2.71. The molecule has 5 nitrogen and oxygen atoms in total. The van der Waals surface area contributed by atoms with Gasteiger partial charge in [-0.15, -0.1) is 0 Å². The van der Waals surface area contributed by atoms with Gasteiger partial charge in [-0.2, -0.15) is 0 Å². The van der Waals surface area contributed by atoms with Crippen LogP contribution in [-0.4, -0.2) is 17.1 Å². The minimum Gasteiger partial charge on any atom is -0.369 e. The number of hydrogen-bond donors (Lipinski definition) is 2. The maximum Gasteiger partial charge on any atom is 0.164 e. The van der Waals surface area contributed by atoms with Crippen LogP contribution >= 0.6 is 0 Å². The summed E-state index contributed by atoms with van der Waals surface area (Å²) in [5.41, 5.74) is 5.95. The molecule has 3 rings (SSSR count). The van der Waals surface area contributed by atoms with Gasteiger partial charge >= 0.3 is 0 Å². The van der Waals surface area contributed by atoms with E-state index >= 15 is 0 Å². The Labute approximate surface area is 118 Å². The zero-order valence-electron chi connectivity index (χ0n) is 11.5. The number of nitrogens with one attached hydrogen (secondary N) is 1. The highest BCUT2D eigenvalue weighted by molar-refractivity contribution is 5.48. The summed E-state index contributed by atoms with van der Waals surface area (Å²) >= 11 is 0. The van der Waals surface area contributed by atoms with Crippen molar-refractivity contribution in [3.05, 3.63) is 53.0 Å². The third kappa shape index (κ3) is 2.26. The molecular weight excluding hydrogens is 252 g/mol. The van der Waals surface area contributed by atoms with Crippen molar-refractivity contribution in [2.45, 2.75) is 25.4 Å². The van der Waals surface area contributed by atoms with Crippen LogP contribution in [0.3, 0.4) is 0 Å². The lowest BCUT2D eigenvalue weighted by Crippen LogP contribution is -2.16. The Morgan fingerprint density at radius 3 is 2.70 bits per heavy atom. The number of nitrogens with zero attached hydrogens (tertiary/aromatic N) is 2. The highest BCUT2D eigenvalue weighted by Gasteiger charge is 2.23. The van der Waals surface area contributed by atoms with Gasteiger partial charge in [0, 0.05) is 18.4 Å². The van der Waals surface area contributed by atoms with Crippen molar-refractivity contribution in [2.24, 2.45) is 5.84 Å². The Balaban J connectivity index is 2.05. The maximum absolute atomic E-state index is 5.59. The Bertz CT molecular complexity index is 600. The van der Waals surface area contributed by atoms with E-state index in [-0.39, 0.29) is 6.10 Å². The normalized spacial score (nSPS) is 14.9. The Morgan fingerprint density at radius 1 is 1.20 bits per heavy atom. The highest BCUT2D eigenvalue weighted by atomic mass is 16.5. The number of rotatable bonds is 4. The standard InChI is InChI=1S/C15H18N4O/c1-20-13(10-6-3-2-4-7-10)15-17-12-9-5-8-11(12)14(18-15)19-16/h2-4,6-7,13H,5,8-9,16H2,1H3,(H,17,18,19). The number of nitrogen functional groups attached to an aromatic ring is 1. The van der Waals surface area contributed by atoms with Crippen molar-refractivity contribution in [1.82, 2.24) is 9.97 Å². The van der Waals surface area contributed by atoms with E-state index in [9.17, 15) is 0 Å². The molecule has 0 radical (unpaired) electrons. The number of ether oxygens (including phenoxy) is 1. The first kappa shape index (κ1) is 13.0. The second kappa shape index (κ2) is 5.56. The van der Waals surface area contributed by atoms with E-state index in [4.69, 9.17) is 10.6 Å². The number of hydrogen-bond acceptors (Lipinski definition) is 5. The van der Waals surface area contributed by atoms with Crippen LogP contribution in [0.25, 0.3) is 0 Å². The minimum absolute atomic E-state index is 0.269. The summed E-state index contributed by atoms with van der Waals surface area (Å²) in [4.78, 5) is 9.22. The van der Waals surface area contributed by atoms with E-state index < -0.39 is 0 Å². The van der Waals surface area contributed by atoms with Gasteiger partial charge in [-0.3, -0.25) is 0 Å². The van der Waals surface area contributed by atoms with Crippen LogP contribution in [-0.2, 0) is 17.6 Å². The highest BCUT2D eigenvalue weighted by Crippen LogP contribution is 2.30. The van der Waals surface area contributed by atoms with Crippen molar-refractivity contribution in [3.63, 3.8) is 0 Å². The lowest BCUT2D eigenvalue weighted by Gasteiger charge is -2.17. The van der Waals surface area contributed by atoms with Gasteiger partial charge in [-0.25, -0.2) is 15.8 Å². The molecule has 0 fully saturated rings. The molecule has 1 aliphatic rings. The number of anilines is 1. The molecule has 0 amide bonds. The average Bonchev–Trinajstić information content (AvgIpc) is 2.97. The summed E-state index contributed by atoms with van der Waals surface area (Å²) in [7, 11) is 1.67. The van der Waals surface area contributed by atoms with Gasteiger partial charge in [0.25, 0.3) is 0 Å². The summed E-state index contributed by atoms with van der Waals surface area (Å²) in [6.45, 7) is 0. The van der Waals surface area contributed by atoms with Gasteiger partial charge in [0.15, 0.2) is 5.82 Å². The van der Waals surface area contributed by atoms with Crippen LogP contribution in [0.5, 0.6) is 0 Å². The molecule has 0 saturated carbocycles. The summed E-state index contributed by atoms with van der Waals surface area (Å²) < 4.78 is 5.59. The van der Waals surface area contributed by atoms with E-state index in [1.165, 1.54) is 0 Å². The molecule has 1 aromatic heterocycles. The van der Waals surface area contributed by atoms with E-state index in [0.29, 0.717) is 5.82 Å². The zero-order valence-corrected chi connectivity index (χ0v) is 11.5. The summed E-state index contributed by atoms with van der Waals surface area (Å²) in [6.07, 6.45) is 2.79. The average molecular weight is 270 g/mol. The molecule has 0 bridgehead atoms. The SMILES string of the molecule is COC(c1ccccc1)c1nc2c(c(NN)n1)CCC2. The third-order valence-electron chi connectivity index (χ3n) is 3.66. The number of hydrazine groups is 1. The van der Waals surface area contributed by atoms with Gasteiger partial charge in [0.05, 0.1) is 0 Å². The summed E-state index contributed by atoms with van der Waals surface area (Å²) in [6, 6.07) is 9.97. The first-order valence-electron chi connectivity index (χ1n) is 6.77. The topological polar surface area (TPSA) is 73.1 Å². The quantitative estimate of drug-likeness (QED) is 0.656. The Kier molecular flexibility index (Phi) is 3.62. The van der Waals surface area contributed by atoms with Gasteiger partial charge in [-0.05, 0) is 24.8 Å². The lowest BCUT2D eigenvalue weighted by molar-refractivity contribution is 0.129. The predicted molar refractivity (Wildman–Crippen MR) is 77.2 cm³/mol. The van der Waals surface area contributed by atoms with Gasteiger partial charge in [0.2, 0.25) is 0 Å². The smallest absolute Gasteiger partial charge is 0.164 e. The number of benzene rings is 1. The van der Waals surface area contributed by atoms with Crippen molar-refractivity contribution in [2.75, 3.05) is 12.5 Å². The predicted octanol–water partition coefficient (Wildman–Crippen LogP) is 1.99. The second-order valence-electron chi connectivity index (χ2n) is 4.88. The molecule has 1 aromatic carbocycles. The van der Waals surface area contributed by atoms with Gasteiger partial charge in [0.1, 0.15) is 11.9 Å². The molecule has 1 atom stereocenters. The minimum atomic E-state index is -0.269. The number of aromatic nitrogens is 2. The van der Waals surface area contributed by atoms with Crippen LogP contribution in [0.15, 0.2) is 30.3 Å². The molecule has 0 aliphatic heterocycles. The lowest BCUT2D eigenvalue weighted by atomic mass is 10.1. The molecule has 0 spiro atoms. The molecule has 104 valence electrons. The maximum atomic E-state index is 5.59. The largest absolute Gasteiger partial charge is 0.369 e. The fraction of sp³-hybridized carbons (Fsp3) is 0.333. The van der Waals surface area contributed by atoms with Gasteiger partial charge < -0.3 is 10.2 Å². The molecule has 0 saturated heterocycles. The van der Waals surface area contributed by atoms with Crippen molar-refractivity contribution >= 4 is 5.82 Å². The number of aryl methyl sites for hydroxylation is 1. The molecule has 1 unspecified atom stereocenters. The molecule has 1 aliphatic carbocycles. The Morgan fingerprint density at radius 2 is 2.00 bits per heavy atom. The summed E-state index contributed by atoms with van der Waals surface area (Å²) in [5.74, 6) is 6.97. The van der Waals surface area contributed by atoms with E-state index in [1.54, 1.807) is 7.11 Å². The van der Waals surface area contributed by atoms with Crippen molar-refractivity contribution in [1.29, 1.82) is 0 Å². The van der Waals surface area contributed by atoms with Crippen molar-refractivity contribution < 1.29 is 4.74 Å². The number of methoxy groups -OCH3 is 1. The van der Waals surface area contributed by atoms with Crippen LogP contribution in [0.2, 0.25) is 0 Å². The second-order valence-corrected chi connectivity index (χ2v) is 4.88. The first-order chi connectivity index (χ1) is 9.83. The molecule has 20 heavy (non-hydrogen) atoms. The molecule has 3 N–H and O–H groups in total. The first-order valence-corrected chi connectivity index (χ1v) is 6.77. The van der Waals surface area contributed by atoms with Crippen LogP contribution in [0.1, 0.15) is 35.2 Å². The van der Waals surface area contributed by atoms with Crippen LogP contribution < -0.4 is 11.3 Å². The molecule has 1 heterocycles. The molecule has 5 heteroatoms. The number of fused-ring (bicyclic) bond motifs is 1. The van der Waals surface area contributed by atoms with E-state index in [0.717, 1.165) is 41.9 Å². The van der Waals surface area contributed by atoms with E-state index in [1.807, 2.05) is 30.3 Å². The van der Waals surface area contributed by atoms with Crippen LogP contribution in [0, 0.1) is 0 Å². The van der Waals surface area contributed by atoms with Crippen LogP contribution in [0.4, 0.5) is 5.82 Å².